The van der Waals surface area contributed by atoms with Crippen LogP contribution in [-0.4, -0.2) is 16.8 Å². The van der Waals surface area contributed by atoms with Crippen molar-refractivity contribution in [1.82, 2.24) is 0 Å². The van der Waals surface area contributed by atoms with Gasteiger partial charge in [0, 0.05) is 6.07 Å². The van der Waals surface area contributed by atoms with E-state index in [2.05, 4.69) is 4.99 Å². The SMILES string of the molecule is CC(=Cc1ccccc1)C=C1N=C(c2ccccc2[N+](=O)[O-])OC1=O. The van der Waals surface area contributed by atoms with E-state index in [0.29, 0.717) is 0 Å². The van der Waals surface area contributed by atoms with Gasteiger partial charge in [0.05, 0.1) is 4.92 Å². The molecule has 0 unspecified atom stereocenters. The van der Waals surface area contributed by atoms with Gasteiger partial charge >= 0.3 is 5.97 Å². The summed E-state index contributed by atoms with van der Waals surface area (Å²) in [6, 6.07) is 15.6. The minimum absolute atomic E-state index is 0.0592. The zero-order valence-electron chi connectivity index (χ0n) is 13.4. The zero-order chi connectivity index (χ0) is 17.8. The third-order valence-electron chi connectivity index (χ3n) is 3.51. The molecule has 0 spiro atoms. The first-order chi connectivity index (χ1) is 12.0. The molecule has 0 amide bonds. The molecule has 0 fully saturated rings. The first kappa shape index (κ1) is 16.3. The molecule has 2 aromatic rings. The molecule has 1 aliphatic heterocycles. The molecule has 1 heterocycles. The van der Waals surface area contributed by atoms with E-state index in [9.17, 15) is 14.9 Å². The predicted octanol–water partition coefficient (Wildman–Crippen LogP) is 3.89. The van der Waals surface area contributed by atoms with Crippen molar-refractivity contribution in [2.75, 3.05) is 0 Å². The number of para-hydroxylation sites is 1. The van der Waals surface area contributed by atoms with Crippen LogP contribution in [0.4, 0.5) is 5.69 Å². The molecule has 0 aromatic heterocycles. The minimum atomic E-state index is -0.631. The number of ether oxygens (including phenoxy) is 1. The van der Waals surface area contributed by atoms with Gasteiger partial charge in [-0.25, -0.2) is 9.79 Å². The van der Waals surface area contributed by atoms with Crippen LogP contribution in [0.2, 0.25) is 0 Å². The number of nitrogens with zero attached hydrogens (tertiary/aromatic N) is 2. The highest BCUT2D eigenvalue weighted by molar-refractivity contribution is 6.12. The highest BCUT2D eigenvalue weighted by atomic mass is 16.6. The molecular weight excluding hydrogens is 320 g/mol. The molecule has 0 atom stereocenters. The number of hydrogen-bond acceptors (Lipinski definition) is 5. The molecular formula is C19H14N2O4. The molecule has 0 bridgehead atoms. The molecule has 0 N–H and O–H groups in total. The molecule has 2 aromatic carbocycles. The number of hydrogen-bond donors (Lipinski definition) is 0. The fourth-order valence-corrected chi connectivity index (χ4v) is 2.41. The van der Waals surface area contributed by atoms with Gasteiger partial charge in [-0.05, 0) is 30.2 Å². The van der Waals surface area contributed by atoms with Crippen molar-refractivity contribution in [2.24, 2.45) is 4.99 Å². The van der Waals surface area contributed by atoms with Gasteiger partial charge in [-0.2, -0.15) is 0 Å². The monoisotopic (exact) mass is 334 g/mol. The highest BCUT2D eigenvalue weighted by Crippen LogP contribution is 2.24. The van der Waals surface area contributed by atoms with Crippen LogP contribution in [0.5, 0.6) is 0 Å². The van der Waals surface area contributed by atoms with Crippen molar-refractivity contribution in [1.29, 1.82) is 0 Å². The van der Waals surface area contributed by atoms with Crippen molar-refractivity contribution in [3.63, 3.8) is 0 Å². The Labute approximate surface area is 143 Å². The van der Waals surface area contributed by atoms with Crippen LogP contribution in [0.1, 0.15) is 18.1 Å². The van der Waals surface area contributed by atoms with Crippen LogP contribution < -0.4 is 0 Å². The summed E-state index contributed by atoms with van der Waals surface area (Å²) >= 11 is 0. The Morgan fingerprint density at radius 1 is 1.12 bits per heavy atom. The predicted molar refractivity (Wildman–Crippen MR) is 93.9 cm³/mol. The molecule has 0 radical (unpaired) electrons. The van der Waals surface area contributed by atoms with Gasteiger partial charge in [0.15, 0.2) is 5.70 Å². The Hall–Kier alpha value is -3.54. The van der Waals surface area contributed by atoms with Crippen molar-refractivity contribution in [3.8, 4) is 0 Å². The number of carbonyl (C=O) groups is 1. The summed E-state index contributed by atoms with van der Waals surface area (Å²) in [5, 5.41) is 11.1. The van der Waals surface area contributed by atoms with Gasteiger partial charge < -0.3 is 4.74 Å². The minimum Gasteiger partial charge on any atom is -0.402 e. The molecule has 0 saturated carbocycles. The number of aliphatic imine (C=N–C) groups is 1. The molecule has 6 nitrogen and oxygen atoms in total. The topological polar surface area (TPSA) is 81.8 Å². The van der Waals surface area contributed by atoms with E-state index < -0.39 is 10.9 Å². The number of cyclic esters (lactones) is 1. The van der Waals surface area contributed by atoms with Crippen LogP contribution in [0.25, 0.3) is 6.08 Å². The lowest BCUT2D eigenvalue weighted by molar-refractivity contribution is -0.385. The normalized spacial score (nSPS) is 15.9. The highest BCUT2D eigenvalue weighted by Gasteiger charge is 2.28. The maximum Gasteiger partial charge on any atom is 0.363 e. The number of carbonyl (C=O) groups excluding carboxylic acids is 1. The Bertz CT molecular complexity index is 927. The average Bonchev–Trinajstić information content (AvgIpc) is 2.96. The molecule has 3 rings (SSSR count). The van der Waals surface area contributed by atoms with E-state index in [-0.39, 0.29) is 22.8 Å². The summed E-state index contributed by atoms with van der Waals surface area (Å²) < 4.78 is 5.11. The van der Waals surface area contributed by atoms with Crippen molar-refractivity contribution < 1.29 is 14.5 Å². The lowest BCUT2D eigenvalue weighted by Gasteiger charge is -2.00. The number of allylic oxidation sites excluding steroid dienone is 2. The maximum absolute atomic E-state index is 12.0. The Morgan fingerprint density at radius 3 is 2.52 bits per heavy atom. The first-order valence-corrected chi connectivity index (χ1v) is 7.54. The van der Waals surface area contributed by atoms with Gasteiger partial charge in [0.1, 0.15) is 5.56 Å². The standard InChI is InChI=1S/C19H14N2O4/c1-13(11-14-7-3-2-4-8-14)12-16-19(22)25-18(20-16)15-9-5-6-10-17(15)21(23)24/h2-12H,1H3. The van der Waals surface area contributed by atoms with Gasteiger partial charge in [0.2, 0.25) is 5.90 Å². The van der Waals surface area contributed by atoms with Crippen LogP contribution >= 0.6 is 0 Å². The molecule has 25 heavy (non-hydrogen) atoms. The number of nitro benzene ring substituents is 1. The fraction of sp³-hybridized carbons (Fsp3) is 0.0526. The quantitative estimate of drug-likeness (QED) is 0.368. The van der Waals surface area contributed by atoms with Gasteiger partial charge in [0.25, 0.3) is 5.69 Å². The van der Waals surface area contributed by atoms with Gasteiger partial charge in [-0.15, -0.1) is 0 Å². The fourth-order valence-electron chi connectivity index (χ4n) is 2.41. The van der Waals surface area contributed by atoms with E-state index in [1.165, 1.54) is 12.1 Å². The Morgan fingerprint density at radius 2 is 1.80 bits per heavy atom. The zero-order valence-corrected chi connectivity index (χ0v) is 13.4. The second-order valence-electron chi connectivity index (χ2n) is 5.41. The molecule has 124 valence electrons. The molecule has 0 saturated heterocycles. The van der Waals surface area contributed by atoms with Crippen LogP contribution in [-0.2, 0) is 9.53 Å². The summed E-state index contributed by atoms with van der Waals surface area (Å²) in [4.78, 5) is 26.7. The van der Waals surface area contributed by atoms with Crippen molar-refractivity contribution in [2.45, 2.75) is 6.92 Å². The Kier molecular flexibility index (Phi) is 4.52. The van der Waals surface area contributed by atoms with E-state index in [1.54, 1.807) is 18.2 Å². The maximum atomic E-state index is 12.0. The number of esters is 1. The molecule has 6 heteroatoms. The molecule has 0 aliphatic carbocycles. The van der Waals surface area contributed by atoms with E-state index in [4.69, 9.17) is 4.74 Å². The average molecular weight is 334 g/mol. The number of rotatable bonds is 4. The smallest absolute Gasteiger partial charge is 0.363 e. The van der Waals surface area contributed by atoms with E-state index in [0.717, 1.165) is 11.1 Å². The summed E-state index contributed by atoms with van der Waals surface area (Å²) in [5.41, 5.74) is 1.93. The van der Waals surface area contributed by atoms with Crippen LogP contribution in [0.15, 0.2) is 76.9 Å². The summed E-state index contributed by atoms with van der Waals surface area (Å²) in [6.07, 6.45) is 3.50. The molecule has 1 aliphatic rings. The van der Waals surface area contributed by atoms with Gasteiger partial charge in [-0.3, -0.25) is 10.1 Å². The largest absolute Gasteiger partial charge is 0.402 e. The summed E-state index contributed by atoms with van der Waals surface area (Å²) in [5.74, 6) is -0.690. The lowest BCUT2D eigenvalue weighted by Crippen LogP contribution is -2.07. The lowest BCUT2D eigenvalue weighted by atomic mass is 10.1. The number of benzene rings is 2. The number of nitro groups is 1. The second kappa shape index (κ2) is 6.92. The van der Waals surface area contributed by atoms with Crippen molar-refractivity contribution in [3.05, 3.63) is 93.2 Å². The van der Waals surface area contributed by atoms with Crippen molar-refractivity contribution >= 4 is 23.6 Å². The van der Waals surface area contributed by atoms with E-state index >= 15 is 0 Å². The third kappa shape index (κ3) is 3.69. The summed E-state index contributed by atoms with van der Waals surface area (Å²) in [6.45, 7) is 1.84. The Balaban J connectivity index is 1.93. The third-order valence-corrected chi connectivity index (χ3v) is 3.51. The van der Waals surface area contributed by atoms with E-state index in [1.807, 2.05) is 43.3 Å². The second-order valence-corrected chi connectivity index (χ2v) is 5.41. The van der Waals surface area contributed by atoms with Crippen LogP contribution in [0, 0.1) is 10.1 Å². The summed E-state index contributed by atoms with van der Waals surface area (Å²) in [7, 11) is 0. The van der Waals surface area contributed by atoms with Gasteiger partial charge in [-0.1, -0.05) is 48.5 Å². The first-order valence-electron chi connectivity index (χ1n) is 7.54. The van der Waals surface area contributed by atoms with Crippen LogP contribution in [0.3, 0.4) is 0 Å².